The highest BCUT2D eigenvalue weighted by atomic mass is 32.1. The Kier molecular flexibility index (Phi) is 4.95. The summed E-state index contributed by atoms with van der Waals surface area (Å²) < 4.78 is 5.24. The normalized spacial score (nSPS) is 15.1. The molecular formula is C15H19NO3S. The van der Waals surface area contributed by atoms with Crippen LogP contribution in [0.5, 0.6) is 0 Å². The highest BCUT2D eigenvalue weighted by Crippen LogP contribution is 2.30. The topological polar surface area (TPSA) is 55.4 Å². The predicted octanol–water partition coefficient (Wildman–Crippen LogP) is 2.47. The Hall–Kier alpha value is -1.62. The highest BCUT2D eigenvalue weighted by molar-refractivity contribution is 7.10. The SMILES string of the molecule is C=CCNC(=O)[C@H](C)OC(=O)c1csc2c1CCCC2. The van der Waals surface area contributed by atoms with Crippen molar-refractivity contribution in [1.82, 2.24) is 5.32 Å². The quantitative estimate of drug-likeness (QED) is 0.670. The molecule has 0 fully saturated rings. The monoisotopic (exact) mass is 293 g/mol. The molecule has 20 heavy (non-hydrogen) atoms. The molecule has 1 atom stereocenters. The molecule has 4 nitrogen and oxygen atoms in total. The Balaban J connectivity index is 1.99. The molecule has 0 bridgehead atoms. The van der Waals surface area contributed by atoms with Crippen molar-refractivity contribution in [1.29, 1.82) is 0 Å². The van der Waals surface area contributed by atoms with Gasteiger partial charge in [0.05, 0.1) is 5.56 Å². The van der Waals surface area contributed by atoms with E-state index in [1.807, 2.05) is 5.38 Å². The molecule has 2 rings (SSSR count). The first-order valence-electron chi connectivity index (χ1n) is 6.82. The summed E-state index contributed by atoms with van der Waals surface area (Å²) in [7, 11) is 0. The molecule has 1 aliphatic carbocycles. The summed E-state index contributed by atoms with van der Waals surface area (Å²) in [5.74, 6) is -0.701. The van der Waals surface area contributed by atoms with Gasteiger partial charge in [-0.3, -0.25) is 4.79 Å². The molecule has 108 valence electrons. The molecule has 0 radical (unpaired) electrons. The van der Waals surface area contributed by atoms with Crippen LogP contribution in [0, 0.1) is 0 Å². The van der Waals surface area contributed by atoms with Crippen LogP contribution in [0.4, 0.5) is 0 Å². The van der Waals surface area contributed by atoms with Gasteiger partial charge in [0.25, 0.3) is 5.91 Å². The number of aryl methyl sites for hydroxylation is 1. The lowest BCUT2D eigenvalue weighted by atomic mass is 9.96. The van der Waals surface area contributed by atoms with Crippen LogP contribution in [0.3, 0.4) is 0 Å². The molecule has 0 saturated carbocycles. The van der Waals surface area contributed by atoms with Gasteiger partial charge in [0, 0.05) is 16.8 Å². The lowest BCUT2D eigenvalue weighted by Gasteiger charge is -2.15. The van der Waals surface area contributed by atoms with Crippen LogP contribution in [0.1, 0.15) is 40.6 Å². The molecule has 0 aromatic carbocycles. The van der Waals surface area contributed by atoms with E-state index in [2.05, 4.69) is 11.9 Å². The number of fused-ring (bicyclic) bond motifs is 1. The number of amides is 1. The first kappa shape index (κ1) is 14.8. The second-order valence-corrected chi connectivity index (χ2v) is 5.80. The van der Waals surface area contributed by atoms with Gasteiger partial charge >= 0.3 is 5.97 Å². The largest absolute Gasteiger partial charge is 0.449 e. The molecule has 0 saturated heterocycles. The summed E-state index contributed by atoms with van der Waals surface area (Å²) in [6.45, 7) is 5.47. The summed E-state index contributed by atoms with van der Waals surface area (Å²) in [5.41, 5.74) is 1.75. The first-order valence-corrected chi connectivity index (χ1v) is 7.70. The fourth-order valence-electron chi connectivity index (χ4n) is 2.26. The molecule has 1 aromatic heterocycles. The number of esters is 1. The van der Waals surface area contributed by atoms with Crippen molar-refractivity contribution in [2.45, 2.75) is 38.7 Å². The van der Waals surface area contributed by atoms with Gasteiger partial charge in [-0.25, -0.2) is 4.79 Å². The van der Waals surface area contributed by atoms with E-state index in [-0.39, 0.29) is 5.91 Å². The molecule has 1 amide bonds. The van der Waals surface area contributed by atoms with Gasteiger partial charge < -0.3 is 10.1 Å². The molecule has 1 aliphatic rings. The number of hydrogen-bond acceptors (Lipinski definition) is 4. The van der Waals surface area contributed by atoms with Gasteiger partial charge in [-0.1, -0.05) is 6.08 Å². The second-order valence-electron chi connectivity index (χ2n) is 4.84. The highest BCUT2D eigenvalue weighted by Gasteiger charge is 2.24. The van der Waals surface area contributed by atoms with E-state index in [0.29, 0.717) is 12.1 Å². The van der Waals surface area contributed by atoms with Crippen molar-refractivity contribution < 1.29 is 14.3 Å². The maximum atomic E-state index is 12.2. The lowest BCUT2D eigenvalue weighted by Crippen LogP contribution is -2.35. The minimum Gasteiger partial charge on any atom is -0.449 e. The van der Waals surface area contributed by atoms with Crippen molar-refractivity contribution in [2.75, 3.05) is 6.54 Å². The van der Waals surface area contributed by atoms with Crippen molar-refractivity contribution >= 4 is 23.2 Å². The van der Waals surface area contributed by atoms with E-state index < -0.39 is 12.1 Å². The molecular weight excluding hydrogens is 274 g/mol. The minimum absolute atomic E-state index is 0.303. The van der Waals surface area contributed by atoms with Gasteiger partial charge in [0.1, 0.15) is 0 Å². The molecule has 0 spiro atoms. The van der Waals surface area contributed by atoms with E-state index in [1.165, 1.54) is 11.3 Å². The Morgan fingerprint density at radius 2 is 2.25 bits per heavy atom. The predicted molar refractivity (Wildman–Crippen MR) is 79.0 cm³/mol. The van der Waals surface area contributed by atoms with Crippen molar-refractivity contribution in [3.05, 3.63) is 34.0 Å². The molecule has 0 unspecified atom stereocenters. The minimum atomic E-state index is -0.790. The third-order valence-electron chi connectivity index (χ3n) is 3.35. The van der Waals surface area contributed by atoms with Crippen molar-refractivity contribution in [3.8, 4) is 0 Å². The summed E-state index contributed by atoms with van der Waals surface area (Å²) >= 11 is 1.62. The van der Waals surface area contributed by atoms with Gasteiger partial charge in [-0.05, 0) is 38.2 Å². The van der Waals surface area contributed by atoms with E-state index in [9.17, 15) is 9.59 Å². The van der Waals surface area contributed by atoms with Crippen LogP contribution in [-0.2, 0) is 22.4 Å². The number of ether oxygens (including phenoxy) is 1. The number of carbonyl (C=O) groups excluding carboxylic acids is 2. The van der Waals surface area contributed by atoms with Crippen LogP contribution < -0.4 is 5.32 Å². The van der Waals surface area contributed by atoms with Crippen LogP contribution in [0.2, 0.25) is 0 Å². The average Bonchev–Trinajstić information content (AvgIpc) is 2.88. The molecule has 1 N–H and O–H groups in total. The zero-order valence-electron chi connectivity index (χ0n) is 11.6. The van der Waals surface area contributed by atoms with E-state index in [0.717, 1.165) is 24.8 Å². The number of hydrogen-bond donors (Lipinski definition) is 1. The average molecular weight is 293 g/mol. The molecule has 0 aliphatic heterocycles. The van der Waals surface area contributed by atoms with E-state index in [1.54, 1.807) is 24.3 Å². The Bertz CT molecular complexity index is 521. The fraction of sp³-hybridized carbons (Fsp3) is 0.467. The third kappa shape index (κ3) is 3.28. The summed E-state index contributed by atoms with van der Waals surface area (Å²) in [5, 5.41) is 4.47. The zero-order chi connectivity index (χ0) is 14.5. The maximum Gasteiger partial charge on any atom is 0.340 e. The van der Waals surface area contributed by atoms with Crippen LogP contribution in [0.15, 0.2) is 18.0 Å². The van der Waals surface area contributed by atoms with E-state index >= 15 is 0 Å². The van der Waals surface area contributed by atoms with Gasteiger partial charge in [-0.15, -0.1) is 17.9 Å². The van der Waals surface area contributed by atoms with Crippen LogP contribution in [0.25, 0.3) is 0 Å². The van der Waals surface area contributed by atoms with Crippen molar-refractivity contribution in [3.63, 3.8) is 0 Å². The first-order chi connectivity index (χ1) is 9.63. The summed E-state index contributed by atoms with van der Waals surface area (Å²) in [6.07, 6.45) is 5.06. The standard InChI is InChI=1S/C15H19NO3S/c1-3-8-16-14(17)10(2)19-15(18)12-9-20-13-7-5-4-6-11(12)13/h3,9-10H,1,4-8H2,2H3,(H,16,17)/t10-/m0/s1. The summed E-state index contributed by atoms with van der Waals surface area (Å²) in [4.78, 5) is 25.1. The Morgan fingerprint density at radius 3 is 3.00 bits per heavy atom. The molecule has 5 heteroatoms. The van der Waals surface area contributed by atoms with Gasteiger partial charge in [-0.2, -0.15) is 0 Å². The smallest absolute Gasteiger partial charge is 0.340 e. The Morgan fingerprint density at radius 1 is 1.50 bits per heavy atom. The molecule has 1 aromatic rings. The number of carbonyl (C=O) groups is 2. The number of thiophene rings is 1. The van der Waals surface area contributed by atoms with Crippen LogP contribution >= 0.6 is 11.3 Å². The number of nitrogens with one attached hydrogen (secondary N) is 1. The lowest BCUT2D eigenvalue weighted by molar-refractivity contribution is -0.128. The van der Waals surface area contributed by atoms with Crippen LogP contribution in [-0.4, -0.2) is 24.5 Å². The maximum absolute atomic E-state index is 12.2. The fourth-order valence-corrected chi connectivity index (χ4v) is 3.37. The Labute approximate surface area is 122 Å². The number of rotatable bonds is 5. The molecule has 1 heterocycles. The van der Waals surface area contributed by atoms with Crippen molar-refractivity contribution in [2.24, 2.45) is 0 Å². The second kappa shape index (κ2) is 6.70. The summed E-state index contributed by atoms with van der Waals surface area (Å²) in [6, 6.07) is 0. The van der Waals surface area contributed by atoms with Gasteiger partial charge in [0.15, 0.2) is 6.10 Å². The van der Waals surface area contributed by atoms with E-state index in [4.69, 9.17) is 4.74 Å². The van der Waals surface area contributed by atoms with Gasteiger partial charge in [0.2, 0.25) is 0 Å². The third-order valence-corrected chi connectivity index (χ3v) is 4.44. The zero-order valence-corrected chi connectivity index (χ0v) is 12.4.